The van der Waals surface area contributed by atoms with Gasteiger partial charge in [-0.3, -0.25) is 9.69 Å². The van der Waals surface area contributed by atoms with Gasteiger partial charge in [0.2, 0.25) is 0 Å². The van der Waals surface area contributed by atoms with Gasteiger partial charge in [0.15, 0.2) is 0 Å². The number of aromatic amines is 1. The van der Waals surface area contributed by atoms with Crippen molar-refractivity contribution in [2.75, 3.05) is 37.7 Å². The number of nitrogens with zero attached hydrogens (tertiary/aromatic N) is 3. The van der Waals surface area contributed by atoms with Crippen molar-refractivity contribution in [3.63, 3.8) is 0 Å². The van der Waals surface area contributed by atoms with Crippen LogP contribution in [0.2, 0.25) is 5.02 Å². The molecule has 1 aliphatic heterocycles. The van der Waals surface area contributed by atoms with E-state index < -0.39 is 5.97 Å². The molecule has 3 aromatic rings. The monoisotopic (exact) mass is 460 g/mol. The number of benzene rings is 1. The van der Waals surface area contributed by atoms with Crippen molar-refractivity contribution in [2.45, 2.75) is 26.8 Å². The molecule has 164 valence electrons. The predicted octanol–water partition coefficient (Wildman–Crippen LogP) is 4.01. The lowest BCUT2D eigenvalue weighted by molar-refractivity contribution is 0.0531. The molecule has 0 amide bonds. The number of hydrogen-bond donors (Lipinski definition) is 1. The van der Waals surface area contributed by atoms with Crippen molar-refractivity contribution < 1.29 is 9.53 Å². The van der Waals surface area contributed by atoms with Crippen LogP contribution in [0.1, 0.15) is 40.9 Å². The Morgan fingerprint density at radius 3 is 2.74 bits per heavy atom. The molecule has 4 rings (SSSR count). The number of H-pyrrole nitrogens is 1. The number of thiophene rings is 1. The Morgan fingerprint density at radius 1 is 1.32 bits per heavy atom. The highest BCUT2D eigenvalue weighted by Crippen LogP contribution is 2.29. The summed E-state index contributed by atoms with van der Waals surface area (Å²) in [5.74, 6) is 0.208. The van der Waals surface area contributed by atoms with Gasteiger partial charge in [-0.05, 0) is 44.5 Å². The van der Waals surface area contributed by atoms with Crippen LogP contribution >= 0.6 is 22.9 Å². The standard InChI is InChI=1S/C22H25ClN4O3S/c1-4-30-22(29)18-13(2)17-20(28)24-19(25-21(17)31-18)14(3)26-8-10-27(11-9-26)16-7-5-6-15(23)12-16/h5-7,12,14H,4,8-11H2,1-3H3,(H,24,25,28). The molecule has 1 atom stereocenters. The average Bonchev–Trinajstić information content (AvgIpc) is 3.10. The molecule has 0 saturated carbocycles. The van der Waals surface area contributed by atoms with Gasteiger partial charge >= 0.3 is 5.97 Å². The van der Waals surface area contributed by atoms with Gasteiger partial charge in [-0.25, -0.2) is 9.78 Å². The van der Waals surface area contributed by atoms with Crippen LogP contribution in [0.5, 0.6) is 0 Å². The summed E-state index contributed by atoms with van der Waals surface area (Å²) in [5, 5.41) is 1.20. The lowest BCUT2D eigenvalue weighted by Gasteiger charge is -2.38. The molecule has 1 aromatic carbocycles. The summed E-state index contributed by atoms with van der Waals surface area (Å²) in [7, 11) is 0. The third kappa shape index (κ3) is 4.33. The molecule has 9 heteroatoms. The lowest BCUT2D eigenvalue weighted by Crippen LogP contribution is -2.47. The van der Waals surface area contributed by atoms with Crippen molar-refractivity contribution in [3.05, 3.63) is 55.9 Å². The molecule has 31 heavy (non-hydrogen) atoms. The number of aryl methyl sites for hydroxylation is 1. The first-order valence-corrected chi connectivity index (χ1v) is 11.5. The highest BCUT2D eigenvalue weighted by molar-refractivity contribution is 7.20. The summed E-state index contributed by atoms with van der Waals surface area (Å²) < 4.78 is 5.12. The quantitative estimate of drug-likeness (QED) is 0.579. The molecule has 0 aliphatic carbocycles. The molecular weight excluding hydrogens is 436 g/mol. The maximum absolute atomic E-state index is 12.8. The number of aromatic nitrogens is 2. The van der Waals surface area contributed by atoms with E-state index in [9.17, 15) is 9.59 Å². The van der Waals surface area contributed by atoms with Crippen LogP contribution < -0.4 is 10.5 Å². The van der Waals surface area contributed by atoms with Gasteiger partial charge in [0.1, 0.15) is 15.5 Å². The topological polar surface area (TPSA) is 78.5 Å². The number of carbonyl (C=O) groups excluding carboxylic acids is 1. The number of fused-ring (bicyclic) bond motifs is 1. The van der Waals surface area contributed by atoms with Gasteiger partial charge in [-0.1, -0.05) is 17.7 Å². The van der Waals surface area contributed by atoms with Gasteiger partial charge in [0, 0.05) is 36.9 Å². The van der Waals surface area contributed by atoms with E-state index in [2.05, 4.69) is 20.9 Å². The Balaban J connectivity index is 1.53. The van der Waals surface area contributed by atoms with Gasteiger partial charge in [0.25, 0.3) is 5.56 Å². The van der Waals surface area contributed by atoms with Crippen LogP contribution in [-0.4, -0.2) is 53.6 Å². The summed E-state index contributed by atoms with van der Waals surface area (Å²) >= 11 is 7.35. The maximum Gasteiger partial charge on any atom is 0.348 e. The van der Waals surface area contributed by atoms with Crippen molar-refractivity contribution in [1.82, 2.24) is 14.9 Å². The van der Waals surface area contributed by atoms with Gasteiger partial charge in [-0.15, -0.1) is 11.3 Å². The third-order valence-corrected chi connectivity index (χ3v) is 7.11. The van der Waals surface area contributed by atoms with Crippen LogP contribution in [0.25, 0.3) is 10.2 Å². The molecule has 1 N–H and O–H groups in total. The minimum absolute atomic E-state index is 0.0490. The van der Waals surface area contributed by atoms with Crippen LogP contribution in [0.3, 0.4) is 0 Å². The van der Waals surface area contributed by atoms with Gasteiger partial charge in [0.05, 0.1) is 18.0 Å². The van der Waals surface area contributed by atoms with Crippen LogP contribution in [0.15, 0.2) is 29.1 Å². The van der Waals surface area contributed by atoms with E-state index in [1.54, 1.807) is 13.8 Å². The molecule has 0 spiro atoms. The highest BCUT2D eigenvalue weighted by Gasteiger charge is 2.26. The van der Waals surface area contributed by atoms with E-state index in [4.69, 9.17) is 21.3 Å². The zero-order valence-electron chi connectivity index (χ0n) is 17.8. The van der Waals surface area contributed by atoms with Crippen LogP contribution in [0.4, 0.5) is 5.69 Å². The number of carbonyl (C=O) groups is 1. The molecule has 3 heterocycles. The zero-order valence-corrected chi connectivity index (χ0v) is 19.3. The predicted molar refractivity (Wildman–Crippen MR) is 125 cm³/mol. The lowest BCUT2D eigenvalue weighted by atomic mass is 10.2. The largest absolute Gasteiger partial charge is 0.462 e. The molecule has 0 radical (unpaired) electrons. The van der Waals surface area contributed by atoms with Crippen molar-refractivity contribution >= 4 is 44.8 Å². The van der Waals surface area contributed by atoms with Crippen molar-refractivity contribution in [2.24, 2.45) is 0 Å². The molecule has 0 bridgehead atoms. The number of rotatable bonds is 5. The fourth-order valence-electron chi connectivity index (χ4n) is 3.96. The summed E-state index contributed by atoms with van der Waals surface area (Å²) in [6, 6.07) is 7.84. The van der Waals surface area contributed by atoms with E-state index in [1.807, 2.05) is 25.1 Å². The number of anilines is 1. The Morgan fingerprint density at radius 2 is 2.06 bits per heavy atom. The summed E-state index contributed by atoms with van der Waals surface area (Å²) in [6.45, 7) is 9.27. The second kappa shape index (κ2) is 8.98. The van der Waals surface area contributed by atoms with E-state index in [1.165, 1.54) is 11.3 Å². The second-order valence-corrected chi connectivity index (χ2v) is 9.02. The summed E-state index contributed by atoms with van der Waals surface area (Å²) in [4.78, 5) is 38.3. The SMILES string of the molecule is CCOC(=O)c1sc2nc(C(C)N3CCN(c4cccc(Cl)c4)CC3)[nH]c(=O)c2c1C. The van der Waals surface area contributed by atoms with E-state index in [0.717, 1.165) is 36.9 Å². The average molecular weight is 461 g/mol. The minimum atomic E-state index is -0.408. The first kappa shape index (κ1) is 21.8. The Labute approximate surface area is 189 Å². The minimum Gasteiger partial charge on any atom is -0.462 e. The van der Waals surface area contributed by atoms with Gasteiger partial charge < -0.3 is 14.6 Å². The highest BCUT2D eigenvalue weighted by atomic mass is 35.5. The van der Waals surface area contributed by atoms with Gasteiger partial charge in [-0.2, -0.15) is 0 Å². The number of esters is 1. The third-order valence-electron chi connectivity index (χ3n) is 5.71. The Hall–Kier alpha value is -2.42. The van der Waals surface area contributed by atoms with E-state index in [-0.39, 0.29) is 11.6 Å². The van der Waals surface area contributed by atoms with Crippen LogP contribution in [0, 0.1) is 6.92 Å². The summed E-state index contributed by atoms with van der Waals surface area (Å²) in [5.41, 5.74) is 1.53. The zero-order chi connectivity index (χ0) is 22.1. The van der Waals surface area contributed by atoms with E-state index in [0.29, 0.717) is 33.1 Å². The number of ether oxygens (including phenoxy) is 1. The first-order chi connectivity index (χ1) is 14.9. The molecule has 2 aromatic heterocycles. The summed E-state index contributed by atoms with van der Waals surface area (Å²) in [6.07, 6.45) is 0. The van der Waals surface area contributed by atoms with Crippen LogP contribution in [-0.2, 0) is 4.74 Å². The van der Waals surface area contributed by atoms with E-state index >= 15 is 0 Å². The molecular formula is C22H25ClN4O3S. The smallest absolute Gasteiger partial charge is 0.348 e. The van der Waals surface area contributed by atoms with Crippen molar-refractivity contribution in [3.8, 4) is 0 Å². The number of nitrogens with one attached hydrogen (secondary N) is 1. The Bertz CT molecular complexity index is 1170. The number of halogens is 1. The Kier molecular flexibility index (Phi) is 6.31. The molecule has 1 aliphatic rings. The first-order valence-electron chi connectivity index (χ1n) is 10.3. The second-order valence-electron chi connectivity index (χ2n) is 7.59. The molecule has 7 nitrogen and oxygen atoms in total. The molecule has 1 fully saturated rings. The molecule has 1 unspecified atom stereocenters. The van der Waals surface area contributed by atoms with Crippen molar-refractivity contribution in [1.29, 1.82) is 0 Å². The maximum atomic E-state index is 12.8. The number of piperazine rings is 1. The molecule has 1 saturated heterocycles. The number of hydrogen-bond acceptors (Lipinski definition) is 7. The fraction of sp³-hybridized carbons (Fsp3) is 0.409. The fourth-order valence-corrected chi connectivity index (χ4v) is 5.23. The normalized spacial score (nSPS) is 15.9.